The van der Waals surface area contributed by atoms with Gasteiger partial charge in [-0.15, -0.1) is 0 Å². The first kappa shape index (κ1) is 19.5. The molecule has 7 nitrogen and oxygen atoms in total. The van der Waals surface area contributed by atoms with Crippen molar-refractivity contribution in [3.05, 3.63) is 34.9 Å². The van der Waals surface area contributed by atoms with Crippen LogP contribution in [0.1, 0.15) is 75.1 Å². The topological polar surface area (TPSA) is 78.8 Å². The predicted octanol–water partition coefficient (Wildman–Crippen LogP) is 3.63. The van der Waals surface area contributed by atoms with Crippen LogP contribution in [0, 0.1) is 13.8 Å². The first-order chi connectivity index (χ1) is 12.6. The van der Waals surface area contributed by atoms with Gasteiger partial charge in [0.05, 0.1) is 23.0 Å². The number of nitrogens with zero attached hydrogens (tertiary/aromatic N) is 4. The van der Waals surface area contributed by atoms with Gasteiger partial charge in [0.25, 0.3) is 0 Å². The molecule has 2 aromatic heterocycles. The molecule has 0 bridgehead atoms. The highest BCUT2D eigenvalue weighted by Crippen LogP contribution is 2.27. The van der Waals surface area contributed by atoms with Crippen LogP contribution in [0.2, 0.25) is 0 Å². The second kappa shape index (κ2) is 7.37. The van der Waals surface area contributed by atoms with Crippen molar-refractivity contribution in [2.24, 2.45) is 0 Å². The number of urea groups is 1. The van der Waals surface area contributed by atoms with Gasteiger partial charge in [-0.2, -0.15) is 10.2 Å². The second-order valence-corrected chi connectivity index (χ2v) is 8.72. The molecule has 2 unspecified atom stereocenters. The highest BCUT2D eigenvalue weighted by molar-refractivity contribution is 5.75. The average Bonchev–Trinajstić information content (AvgIpc) is 3.20. The van der Waals surface area contributed by atoms with Gasteiger partial charge >= 0.3 is 6.03 Å². The third-order valence-electron chi connectivity index (χ3n) is 5.28. The van der Waals surface area contributed by atoms with Crippen molar-refractivity contribution in [3.63, 3.8) is 0 Å². The van der Waals surface area contributed by atoms with Gasteiger partial charge in [-0.1, -0.05) is 0 Å². The molecule has 7 heteroatoms. The van der Waals surface area contributed by atoms with E-state index in [9.17, 15) is 4.79 Å². The number of hydrogen-bond donors (Lipinski definition) is 2. The number of likely N-dealkylation sites (tertiary alicyclic amines) is 1. The zero-order chi connectivity index (χ0) is 19.8. The van der Waals surface area contributed by atoms with Crippen LogP contribution >= 0.6 is 0 Å². The molecule has 0 spiro atoms. The van der Waals surface area contributed by atoms with Crippen LogP contribution in [0.4, 0.5) is 4.79 Å². The Morgan fingerprint density at radius 1 is 1.37 bits per heavy atom. The van der Waals surface area contributed by atoms with Gasteiger partial charge in [0, 0.05) is 36.5 Å². The van der Waals surface area contributed by atoms with Crippen molar-refractivity contribution >= 4 is 6.03 Å². The minimum Gasteiger partial charge on any atom is -0.331 e. The molecule has 3 heterocycles. The van der Waals surface area contributed by atoms with Crippen LogP contribution in [0.5, 0.6) is 0 Å². The molecule has 3 rings (SSSR count). The molecule has 1 fully saturated rings. The summed E-state index contributed by atoms with van der Waals surface area (Å²) in [6.07, 6.45) is 4.12. The van der Waals surface area contributed by atoms with Crippen molar-refractivity contribution in [3.8, 4) is 0 Å². The van der Waals surface area contributed by atoms with Gasteiger partial charge in [-0.3, -0.25) is 9.78 Å². The van der Waals surface area contributed by atoms with E-state index in [1.807, 2.05) is 36.5 Å². The fourth-order valence-electron chi connectivity index (χ4n) is 3.65. The molecule has 0 aliphatic carbocycles. The number of carbonyl (C=O) groups is 1. The largest absolute Gasteiger partial charge is 0.331 e. The third kappa shape index (κ3) is 4.34. The molecule has 0 aromatic carbocycles. The lowest BCUT2D eigenvalue weighted by Crippen LogP contribution is -2.45. The van der Waals surface area contributed by atoms with Crippen molar-refractivity contribution in [1.82, 2.24) is 30.2 Å². The molecule has 148 valence electrons. The lowest BCUT2D eigenvalue weighted by molar-refractivity contribution is 0.176. The van der Waals surface area contributed by atoms with E-state index in [4.69, 9.17) is 0 Å². The number of amides is 2. The van der Waals surface area contributed by atoms with Crippen LogP contribution in [0.25, 0.3) is 0 Å². The SMILES string of the molecule is Cc1cc(C2CCCN(C(=O)NC(C)c3cn(C(C)(C)C)nc3C)C2)n[nH]1. The lowest BCUT2D eigenvalue weighted by Gasteiger charge is -2.33. The fourth-order valence-corrected chi connectivity index (χ4v) is 3.65. The van der Waals surface area contributed by atoms with Crippen LogP contribution in [-0.4, -0.2) is 44.0 Å². The number of aromatic amines is 1. The highest BCUT2D eigenvalue weighted by Gasteiger charge is 2.28. The quantitative estimate of drug-likeness (QED) is 0.863. The smallest absolute Gasteiger partial charge is 0.317 e. The Morgan fingerprint density at radius 2 is 2.11 bits per heavy atom. The summed E-state index contributed by atoms with van der Waals surface area (Å²) in [5, 5.41) is 15.2. The van der Waals surface area contributed by atoms with Crippen LogP contribution in [-0.2, 0) is 5.54 Å². The predicted molar refractivity (Wildman–Crippen MR) is 106 cm³/mol. The first-order valence-corrected chi connectivity index (χ1v) is 9.79. The first-order valence-electron chi connectivity index (χ1n) is 9.79. The average molecular weight is 373 g/mol. The maximum absolute atomic E-state index is 12.8. The van der Waals surface area contributed by atoms with Crippen LogP contribution < -0.4 is 5.32 Å². The highest BCUT2D eigenvalue weighted by atomic mass is 16.2. The summed E-state index contributed by atoms with van der Waals surface area (Å²) in [7, 11) is 0. The van der Waals surface area contributed by atoms with E-state index in [2.05, 4.69) is 47.5 Å². The molecular weight excluding hydrogens is 340 g/mol. The Bertz CT molecular complexity index is 800. The van der Waals surface area contributed by atoms with E-state index in [1.54, 1.807) is 0 Å². The van der Waals surface area contributed by atoms with Gasteiger partial charge in [0.15, 0.2) is 0 Å². The molecular formula is C20H32N6O. The van der Waals surface area contributed by atoms with Crippen LogP contribution in [0.15, 0.2) is 12.3 Å². The number of hydrogen-bond acceptors (Lipinski definition) is 3. The van der Waals surface area contributed by atoms with Gasteiger partial charge in [-0.25, -0.2) is 4.79 Å². The van der Waals surface area contributed by atoms with E-state index in [1.165, 1.54) is 0 Å². The van der Waals surface area contributed by atoms with E-state index >= 15 is 0 Å². The second-order valence-electron chi connectivity index (χ2n) is 8.72. The maximum atomic E-state index is 12.8. The number of aryl methyl sites for hydroxylation is 2. The number of H-pyrrole nitrogens is 1. The van der Waals surface area contributed by atoms with E-state index in [0.29, 0.717) is 12.5 Å². The zero-order valence-electron chi connectivity index (χ0n) is 17.3. The van der Waals surface area contributed by atoms with Crippen molar-refractivity contribution in [2.75, 3.05) is 13.1 Å². The fraction of sp³-hybridized carbons (Fsp3) is 0.650. The Labute approximate surface area is 161 Å². The molecule has 27 heavy (non-hydrogen) atoms. The van der Waals surface area contributed by atoms with E-state index in [-0.39, 0.29) is 17.6 Å². The van der Waals surface area contributed by atoms with E-state index < -0.39 is 0 Å². The number of aromatic nitrogens is 4. The minimum atomic E-state index is -0.0818. The molecule has 2 N–H and O–H groups in total. The van der Waals surface area contributed by atoms with E-state index in [0.717, 1.165) is 42.0 Å². The number of piperidine rings is 1. The minimum absolute atomic E-state index is 0.0117. The Kier molecular flexibility index (Phi) is 5.31. The van der Waals surface area contributed by atoms with Crippen molar-refractivity contribution in [2.45, 2.75) is 71.9 Å². The molecule has 1 aliphatic rings. The summed E-state index contributed by atoms with van der Waals surface area (Å²) < 4.78 is 1.97. The summed E-state index contributed by atoms with van der Waals surface area (Å²) in [5.74, 6) is 0.301. The molecule has 0 saturated carbocycles. The number of nitrogens with one attached hydrogen (secondary N) is 2. The zero-order valence-corrected chi connectivity index (χ0v) is 17.3. The molecule has 2 amide bonds. The number of carbonyl (C=O) groups excluding carboxylic acids is 1. The summed E-state index contributed by atoms with van der Waals surface area (Å²) in [4.78, 5) is 14.8. The van der Waals surface area contributed by atoms with Gasteiger partial charge in [0.2, 0.25) is 0 Å². The summed E-state index contributed by atoms with van der Waals surface area (Å²) in [6.45, 7) is 13.9. The van der Waals surface area contributed by atoms with Crippen LogP contribution in [0.3, 0.4) is 0 Å². The van der Waals surface area contributed by atoms with Gasteiger partial charge < -0.3 is 10.2 Å². The van der Waals surface area contributed by atoms with Crippen molar-refractivity contribution in [1.29, 1.82) is 0 Å². The maximum Gasteiger partial charge on any atom is 0.317 e. The van der Waals surface area contributed by atoms with Gasteiger partial charge in [0.1, 0.15) is 0 Å². The van der Waals surface area contributed by atoms with Gasteiger partial charge in [-0.05, 0) is 60.5 Å². The lowest BCUT2D eigenvalue weighted by atomic mass is 9.95. The standard InChI is InChI=1S/C20H32N6O/c1-13-10-18(23-22-13)16-8-7-9-25(11-16)19(27)21-14(2)17-12-26(20(4,5)6)24-15(17)3/h10,12,14,16H,7-9,11H2,1-6H3,(H,21,27)(H,22,23). The number of rotatable bonds is 3. The third-order valence-corrected chi connectivity index (χ3v) is 5.28. The summed E-state index contributed by atoms with van der Waals surface area (Å²) in [6, 6.07) is 1.99. The molecule has 1 saturated heterocycles. The normalized spacial score (nSPS) is 19.2. The Hall–Kier alpha value is -2.31. The summed E-state index contributed by atoms with van der Waals surface area (Å²) >= 11 is 0. The Balaban J connectivity index is 1.65. The molecule has 2 atom stereocenters. The summed E-state index contributed by atoms with van der Waals surface area (Å²) in [5.41, 5.74) is 4.07. The molecule has 0 radical (unpaired) electrons. The molecule has 1 aliphatic heterocycles. The monoisotopic (exact) mass is 372 g/mol. The molecule has 2 aromatic rings. The Morgan fingerprint density at radius 3 is 2.70 bits per heavy atom. The van der Waals surface area contributed by atoms with Crippen molar-refractivity contribution < 1.29 is 4.79 Å².